The van der Waals surface area contributed by atoms with Gasteiger partial charge in [-0.1, -0.05) is 13.3 Å². The fraction of sp³-hybridized carbons (Fsp3) is 0.316. The number of hydrogen-bond acceptors (Lipinski definition) is 6. The molecule has 2 aromatic heterocycles. The normalized spacial score (nSPS) is 11.1. The van der Waals surface area contributed by atoms with E-state index in [0.29, 0.717) is 34.7 Å². The molecule has 0 aliphatic heterocycles. The molecule has 0 aliphatic rings. The molecule has 0 aliphatic carbocycles. The number of hydrogen-bond donors (Lipinski definition) is 2. The smallest absolute Gasteiger partial charge is 0.288 e. The summed E-state index contributed by atoms with van der Waals surface area (Å²) in [4.78, 5) is 24.2. The minimum absolute atomic E-state index is 0.0233. The Morgan fingerprint density at radius 3 is 2.70 bits per heavy atom. The van der Waals surface area contributed by atoms with Crippen molar-refractivity contribution in [2.45, 2.75) is 33.2 Å². The molecule has 0 spiro atoms. The third kappa shape index (κ3) is 3.56. The van der Waals surface area contributed by atoms with E-state index in [9.17, 15) is 9.59 Å². The Bertz CT molecular complexity index is 1020. The van der Waals surface area contributed by atoms with E-state index in [4.69, 9.17) is 16.0 Å². The minimum Gasteiger partial charge on any atom is -0.459 e. The van der Waals surface area contributed by atoms with Gasteiger partial charge in [-0.3, -0.25) is 19.3 Å². The van der Waals surface area contributed by atoms with Crippen LogP contribution >= 0.6 is 0 Å². The molecule has 0 fully saturated rings. The largest absolute Gasteiger partial charge is 0.459 e. The lowest BCUT2D eigenvalue weighted by molar-refractivity contribution is 0.0722. The molecule has 0 unspecified atom stereocenters. The van der Waals surface area contributed by atoms with E-state index in [1.807, 2.05) is 6.92 Å². The number of nitrogens with zero attached hydrogens (tertiary/aromatic N) is 3. The predicted molar refractivity (Wildman–Crippen MR) is 102 cm³/mol. The molecule has 0 atom stereocenters. The highest BCUT2D eigenvalue weighted by Gasteiger charge is 2.24. The van der Waals surface area contributed by atoms with Crippen LogP contribution in [0.2, 0.25) is 0 Å². The molecular weight excluding hydrogens is 346 g/mol. The van der Waals surface area contributed by atoms with E-state index < -0.39 is 5.91 Å². The fourth-order valence-corrected chi connectivity index (χ4v) is 3.04. The van der Waals surface area contributed by atoms with Crippen molar-refractivity contribution in [3.63, 3.8) is 0 Å². The fourth-order valence-electron chi connectivity index (χ4n) is 3.04. The molecule has 8 heteroatoms. The summed E-state index contributed by atoms with van der Waals surface area (Å²) in [6.07, 6.45) is 1.57. The van der Waals surface area contributed by atoms with Crippen LogP contribution in [0.4, 0.5) is 5.69 Å². The molecule has 4 N–H and O–H groups in total. The highest BCUT2D eigenvalue weighted by Crippen LogP contribution is 2.23. The number of anilines is 1. The zero-order chi connectivity index (χ0) is 19.7. The lowest BCUT2D eigenvalue weighted by atomic mass is 10.1. The Hall–Kier alpha value is -3.13. The molecule has 0 saturated carbocycles. The number of aromatic nitrogens is 2. The SMILES string of the molecule is CCCc1nn(C)c(C(=O)N(N)Cc2cc3cc(C(C)=O)ccc3o2)c1N. The second kappa shape index (κ2) is 7.24. The Morgan fingerprint density at radius 2 is 2.04 bits per heavy atom. The molecule has 1 aromatic carbocycles. The van der Waals surface area contributed by atoms with Crippen LogP contribution in [0.1, 0.15) is 52.6 Å². The Kier molecular flexibility index (Phi) is 5.00. The summed E-state index contributed by atoms with van der Waals surface area (Å²) < 4.78 is 7.18. The number of ketones is 1. The lowest BCUT2D eigenvalue weighted by Crippen LogP contribution is -2.38. The number of carbonyl (C=O) groups excluding carboxylic acids is 2. The van der Waals surface area contributed by atoms with E-state index >= 15 is 0 Å². The van der Waals surface area contributed by atoms with Gasteiger partial charge in [0.2, 0.25) is 0 Å². The van der Waals surface area contributed by atoms with Crippen LogP contribution in [0.5, 0.6) is 0 Å². The maximum Gasteiger partial charge on any atom is 0.288 e. The Balaban J connectivity index is 1.82. The molecule has 3 aromatic rings. The Morgan fingerprint density at radius 1 is 1.30 bits per heavy atom. The molecule has 27 heavy (non-hydrogen) atoms. The van der Waals surface area contributed by atoms with E-state index in [1.165, 1.54) is 11.6 Å². The average Bonchev–Trinajstić information content (AvgIpc) is 3.14. The molecule has 0 bridgehead atoms. The summed E-state index contributed by atoms with van der Waals surface area (Å²) >= 11 is 0. The van der Waals surface area contributed by atoms with E-state index in [1.54, 1.807) is 31.3 Å². The monoisotopic (exact) mass is 369 g/mol. The highest BCUT2D eigenvalue weighted by molar-refractivity contribution is 5.98. The summed E-state index contributed by atoms with van der Waals surface area (Å²) in [5.41, 5.74) is 8.62. The van der Waals surface area contributed by atoms with Gasteiger partial charge in [-0.05, 0) is 37.6 Å². The van der Waals surface area contributed by atoms with Crippen molar-refractivity contribution in [3.05, 3.63) is 47.0 Å². The summed E-state index contributed by atoms with van der Waals surface area (Å²) in [6, 6.07) is 6.96. The van der Waals surface area contributed by atoms with Crippen LogP contribution in [0.25, 0.3) is 11.0 Å². The molecule has 1 amide bonds. The number of hydrazine groups is 1. The van der Waals surface area contributed by atoms with Gasteiger partial charge in [-0.25, -0.2) is 5.84 Å². The van der Waals surface area contributed by atoms with Crippen molar-refractivity contribution in [2.24, 2.45) is 12.9 Å². The summed E-state index contributed by atoms with van der Waals surface area (Å²) in [6.45, 7) is 3.59. The molecule has 3 rings (SSSR count). The number of aryl methyl sites for hydroxylation is 2. The van der Waals surface area contributed by atoms with Gasteiger partial charge in [0.15, 0.2) is 11.5 Å². The number of amides is 1. The molecule has 8 nitrogen and oxygen atoms in total. The summed E-state index contributed by atoms with van der Waals surface area (Å²) in [5, 5.41) is 6.13. The quantitative estimate of drug-likeness (QED) is 0.298. The predicted octanol–water partition coefficient (Wildman–Crippen LogP) is 2.42. The van der Waals surface area contributed by atoms with Crippen molar-refractivity contribution >= 4 is 28.3 Å². The van der Waals surface area contributed by atoms with Gasteiger partial charge in [0, 0.05) is 18.0 Å². The number of nitrogens with two attached hydrogens (primary N) is 2. The minimum atomic E-state index is -0.435. The molecule has 0 saturated heterocycles. The van der Waals surface area contributed by atoms with Crippen LogP contribution in [0.3, 0.4) is 0 Å². The standard InChI is InChI=1S/C19H23N5O3/c1-4-5-15-17(20)18(23(3)22-15)19(26)24(21)10-14-9-13-8-12(11(2)25)6-7-16(13)27-14/h6-9H,4-5,10,20-21H2,1-3H3. The second-order valence-electron chi connectivity index (χ2n) is 6.54. The molecule has 0 radical (unpaired) electrons. The van der Waals surface area contributed by atoms with E-state index in [2.05, 4.69) is 5.10 Å². The van der Waals surface area contributed by atoms with Gasteiger partial charge < -0.3 is 10.2 Å². The van der Waals surface area contributed by atoms with Crippen molar-refractivity contribution < 1.29 is 14.0 Å². The van der Waals surface area contributed by atoms with Gasteiger partial charge in [0.05, 0.1) is 17.9 Å². The van der Waals surface area contributed by atoms with Gasteiger partial charge in [-0.2, -0.15) is 5.10 Å². The van der Waals surface area contributed by atoms with Gasteiger partial charge >= 0.3 is 0 Å². The van der Waals surface area contributed by atoms with Gasteiger partial charge in [0.25, 0.3) is 5.91 Å². The number of benzene rings is 1. The maximum absolute atomic E-state index is 12.7. The lowest BCUT2D eigenvalue weighted by Gasteiger charge is -2.15. The number of rotatable bonds is 6. The third-order valence-electron chi connectivity index (χ3n) is 4.41. The molecule has 142 valence electrons. The summed E-state index contributed by atoms with van der Waals surface area (Å²) in [7, 11) is 1.67. The van der Waals surface area contributed by atoms with E-state index in [-0.39, 0.29) is 18.0 Å². The number of carbonyl (C=O) groups is 2. The van der Waals surface area contributed by atoms with Crippen LogP contribution in [0.15, 0.2) is 28.7 Å². The first-order chi connectivity index (χ1) is 12.8. The van der Waals surface area contributed by atoms with Gasteiger partial charge in [0.1, 0.15) is 11.3 Å². The number of fused-ring (bicyclic) bond motifs is 1. The maximum atomic E-state index is 12.7. The number of furan rings is 1. The third-order valence-corrected chi connectivity index (χ3v) is 4.41. The van der Waals surface area contributed by atoms with Crippen LogP contribution < -0.4 is 11.6 Å². The summed E-state index contributed by atoms with van der Waals surface area (Å²) in [5.74, 6) is 6.03. The number of nitrogen functional groups attached to an aromatic ring is 1. The van der Waals surface area contributed by atoms with Gasteiger partial charge in [-0.15, -0.1) is 0 Å². The van der Waals surface area contributed by atoms with Crippen LogP contribution in [-0.4, -0.2) is 26.5 Å². The number of Topliss-reactive ketones (excluding diaryl/α,β-unsaturated/α-hetero) is 1. The van der Waals surface area contributed by atoms with Crippen molar-refractivity contribution in [2.75, 3.05) is 5.73 Å². The zero-order valence-corrected chi connectivity index (χ0v) is 15.7. The first-order valence-corrected chi connectivity index (χ1v) is 8.73. The Labute approximate surface area is 156 Å². The average molecular weight is 369 g/mol. The zero-order valence-electron chi connectivity index (χ0n) is 15.7. The molecule has 2 heterocycles. The first kappa shape index (κ1) is 18.7. The van der Waals surface area contributed by atoms with Crippen LogP contribution in [-0.2, 0) is 20.0 Å². The van der Waals surface area contributed by atoms with E-state index in [0.717, 1.165) is 16.8 Å². The topological polar surface area (TPSA) is 120 Å². The van der Waals surface area contributed by atoms with Crippen molar-refractivity contribution in [1.29, 1.82) is 0 Å². The van der Waals surface area contributed by atoms with Crippen molar-refractivity contribution in [1.82, 2.24) is 14.8 Å². The first-order valence-electron chi connectivity index (χ1n) is 8.73. The highest BCUT2D eigenvalue weighted by atomic mass is 16.3. The van der Waals surface area contributed by atoms with Crippen LogP contribution in [0, 0.1) is 0 Å². The second-order valence-corrected chi connectivity index (χ2v) is 6.54. The molecular formula is C19H23N5O3. The van der Waals surface area contributed by atoms with Crippen molar-refractivity contribution in [3.8, 4) is 0 Å².